The number of rotatable bonds is 4. The molecule has 0 aliphatic carbocycles. The number of ether oxygens (including phenoxy) is 1. The van der Waals surface area contributed by atoms with Crippen LogP contribution in [-0.2, 0) is 0 Å². The lowest BCUT2D eigenvalue weighted by Gasteiger charge is -2.18. The highest BCUT2D eigenvalue weighted by atomic mass is 16.5. The van der Waals surface area contributed by atoms with Gasteiger partial charge in [-0.25, -0.2) is 0 Å². The van der Waals surface area contributed by atoms with Crippen LogP contribution in [0.15, 0.2) is 24.3 Å². The molecule has 88 valence electrons. The molecule has 1 aliphatic heterocycles. The molecule has 1 heterocycles. The van der Waals surface area contributed by atoms with Crippen molar-refractivity contribution in [1.82, 2.24) is 5.32 Å². The SMILES string of the molecule is CCOc1ccc([C@H]2NCC[C@@H]2CC)cc1. The molecule has 0 radical (unpaired) electrons. The molecule has 0 aromatic heterocycles. The van der Waals surface area contributed by atoms with Gasteiger partial charge in [0.25, 0.3) is 0 Å². The Labute approximate surface area is 98.0 Å². The van der Waals surface area contributed by atoms with Crippen molar-refractivity contribution >= 4 is 0 Å². The minimum Gasteiger partial charge on any atom is -0.494 e. The Bertz CT molecular complexity index is 320. The summed E-state index contributed by atoms with van der Waals surface area (Å²) in [5.74, 6) is 1.76. The molecule has 1 N–H and O–H groups in total. The standard InChI is InChI=1S/C14H21NO/c1-3-11-9-10-15-14(11)12-5-7-13(8-6-12)16-4-2/h5-8,11,14-15H,3-4,9-10H2,1-2H3/t11-,14-/m0/s1. The molecule has 2 nitrogen and oxygen atoms in total. The van der Waals surface area contributed by atoms with E-state index in [1.807, 2.05) is 6.92 Å². The van der Waals surface area contributed by atoms with Crippen LogP contribution in [0.2, 0.25) is 0 Å². The normalized spacial score (nSPS) is 24.6. The summed E-state index contributed by atoms with van der Waals surface area (Å²) in [4.78, 5) is 0. The number of hydrogen-bond acceptors (Lipinski definition) is 2. The average Bonchev–Trinajstić information content (AvgIpc) is 2.78. The van der Waals surface area contributed by atoms with Gasteiger partial charge in [-0.3, -0.25) is 0 Å². The lowest BCUT2D eigenvalue weighted by atomic mass is 9.92. The topological polar surface area (TPSA) is 21.3 Å². The molecule has 1 fully saturated rings. The maximum Gasteiger partial charge on any atom is 0.119 e. The zero-order chi connectivity index (χ0) is 11.4. The first-order valence-electron chi connectivity index (χ1n) is 6.31. The maximum absolute atomic E-state index is 5.46. The largest absolute Gasteiger partial charge is 0.494 e. The van der Waals surface area contributed by atoms with E-state index in [1.54, 1.807) is 0 Å². The summed E-state index contributed by atoms with van der Waals surface area (Å²) in [6.45, 7) is 6.17. The summed E-state index contributed by atoms with van der Waals surface area (Å²) in [6, 6.07) is 9.07. The zero-order valence-electron chi connectivity index (χ0n) is 10.2. The van der Waals surface area contributed by atoms with Crippen LogP contribution in [0.25, 0.3) is 0 Å². The molecule has 16 heavy (non-hydrogen) atoms. The van der Waals surface area contributed by atoms with Crippen molar-refractivity contribution in [3.8, 4) is 5.75 Å². The Kier molecular flexibility index (Phi) is 3.83. The third-order valence-electron chi connectivity index (χ3n) is 3.43. The Morgan fingerprint density at radius 1 is 1.25 bits per heavy atom. The summed E-state index contributed by atoms with van der Waals surface area (Å²) < 4.78 is 5.46. The zero-order valence-corrected chi connectivity index (χ0v) is 10.2. The Hall–Kier alpha value is -1.02. The van der Waals surface area contributed by atoms with E-state index in [-0.39, 0.29) is 0 Å². The van der Waals surface area contributed by atoms with Crippen molar-refractivity contribution in [2.75, 3.05) is 13.2 Å². The predicted octanol–water partition coefficient (Wildman–Crippen LogP) is 3.15. The summed E-state index contributed by atoms with van der Waals surface area (Å²) >= 11 is 0. The Morgan fingerprint density at radius 2 is 2.00 bits per heavy atom. The molecule has 0 bridgehead atoms. The van der Waals surface area contributed by atoms with Gasteiger partial charge in [-0.15, -0.1) is 0 Å². The number of hydrogen-bond donors (Lipinski definition) is 1. The van der Waals surface area contributed by atoms with E-state index in [0.29, 0.717) is 6.04 Å². The minimum atomic E-state index is 0.542. The summed E-state index contributed by atoms with van der Waals surface area (Å²) in [7, 11) is 0. The fourth-order valence-electron chi connectivity index (χ4n) is 2.53. The van der Waals surface area contributed by atoms with E-state index in [2.05, 4.69) is 36.5 Å². The van der Waals surface area contributed by atoms with Gasteiger partial charge in [0.1, 0.15) is 5.75 Å². The van der Waals surface area contributed by atoms with Crippen molar-refractivity contribution in [3.63, 3.8) is 0 Å². The summed E-state index contributed by atoms with van der Waals surface area (Å²) in [6.07, 6.45) is 2.55. The van der Waals surface area contributed by atoms with Crippen LogP contribution in [0.3, 0.4) is 0 Å². The van der Waals surface area contributed by atoms with Gasteiger partial charge in [0, 0.05) is 6.04 Å². The quantitative estimate of drug-likeness (QED) is 0.840. The van der Waals surface area contributed by atoms with E-state index in [1.165, 1.54) is 18.4 Å². The van der Waals surface area contributed by atoms with Crippen molar-refractivity contribution in [3.05, 3.63) is 29.8 Å². The molecule has 0 amide bonds. The third kappa shape index (κ3) is 2.38. The Balaban J connectivity index is 2.08. The minimum absolute atomic E-state index is 0.542. The van der Waals surface area contributed by atoms with E-state index >= 15 is 0 Å². The second kappa shape index (κ2) is 5.35. The van der Waals surface area contributed by atoms with E-state index in [0.717, 1.165) is 24.8 Å². The maximum atomic E-state index is 5.46. The van der Waals surface area contributed by atoms with Crippen molar-refractivity contribution in [2.24, 2.45) is 5.92 Å². The second-order valence-corrected chi connectivity index (χ2v) is 4.39. The molecule has 0 saturated carbocycles. The third-order valence-corrected chi connectivity index (χ3v) is 3.43. The van der Waals surface area contributed by atoms with Crippen molar-refractivity contribution in [2.45, 2.75) is 32.7 Å². The molecule has 1 saturated heterocycles. The van der Waals surface area contributed by atoms with Gasteiger partial charge in [0.05, 0.1) is 6.61 Å². The number of benzene rings is 1. The molecule has 2 atom stereocenters. The molecular formula is C14H21NO. The molecule has 2 rings (SSSR count). The van der Waals surface area contributed by atoms with Gasteiger partial charge in [0.15, 0.2) is 0 Å². The highest BCUT2D eigenvalue weighted by Crippen LogP contribution is 2.32. The van der Waals surface area contributed by atoms with Crippen LogP contribution in [0.1, 0.15) is 38.3 Å². The van der Waals surface area contributed by atoms with Gasteiger partial charge >= 0.3 is 0 Å². The molecule has 0 unspecified atom stereocenters. The summed E-state index contributed by atoms with van der Waals surface area (Å²) in [5.41, 5.74) is 1.40. The van der Waals surface area contributed by atoms with Gasteiger partial charge < -0.3 is 10.1 Å². The first-order valence-corrected chi connectivity index (χ1v) is 6.31. The van der Waals surface area contributed by atoms with E-state index in [9.17, 15) is 0 Å². The van der Waals surface area contributed by atoms with Crippen LogP contribution in [-0.4, -0.2) is 13.2 Å². The first kappa shape index (κ1) is 11.5. The molecular weight excluding hydrogens is 198 g/mol. The lowest BCUT2D eigenvalue weighted by Crippen LogP contribution is -2.17. The Morgan fingerprint density at radius 3 is 2.62 bits per heavy atom. The van der Waals surface area contributed by atoms with E-state index in [4.69, 9.17) is 4.74 Å². The second-order valence-electron chi connectivity index (χ2n) is 4.39. The summed E-state index contributed by atoms with van der Waals surface area (Å²) in [5, 5.41) is 3.58. The van der Waals surface area contributed by atoms with Gasteiger partial charge in [0.2, 0.25) is 0 Å². The molecule has 1 aromatic carbocycles. The first-order chi connectivity index (χ1) is 7.85. The van der Waals surface area contributed by atoms with Crippen LogP contribution in [0.5, 0.6) is 5.75 Å². The monoisotopic (exact) mass is 219 g/mol. The smallest absolute Gasteiger partial charge is 0.119 e. The average molecular weight is 219 g/mol. The predicted molar refractivity (Wildman–Crippen MR) is 66.8 cm³/mol. The highest BCUT2D eigenvalue weighted by molar-refractivity contribution is 5.30. The molecule has 1 aliphatic rings. The van der Waals surface area contributed by atoms with Crippen LogP contribution in [0.4, 0.5) is 0 Å². The molecule has 2 heteroatoms. The highest BCUT2D eigenvalue weighted by Gasteiger charge is 2.26. The van der Waals surface area contributed by atoms with Crippen molar-refractivity contribution < 1.29 is 4.74 Å². The van der Waals surface area contributed by atoms with Gasteiger partial charge in [-0.2, -0.15) is 0 Å². The van der Waals surface area contributed by atoms with Gasteiger partial charge in [-0.1, -0.05) is 25.5 Å². The molecule has 0 spiro atoms. The van der Waals surface area contributed by atoms with E-state index < -0.39 is 0 Å². The van der Waals surface area contributed by atoms with Crippen LogP contribution >= 0.6 is 0 Å². The number of nitrogens with one attached hydrogen (secondary N) is 1. The van der Waals surface area contributed by atoms with Crippen LogP contribution < -0.4 is 10.1 Å². The lowest BCUT2D eigenvalue weighted by molar-refractivity contribution is 0.340. The van der Waals surface area contributed by atoms with Crippen LogP contribution in [0, 0.1) is 5.92 Å². The fraction of sp³-hybridized carbons (Fsp3) is 0.571. The van der Waals surface area contributed by atoms with Crippen molar-refractivity contribution in [1.29, 1.82) is 0 Å². The fourth-order valence-corrected chi connectivity index (χ4v) is 2.53. The van der Waals surface area contributed by atoms with Gasteiger partial charge in [-0.05, 0) is 43.5 Å². The molecule has 1 aromatic rings.